The molecule has 0 saturated carbocycles. The fraction of sp³-hybridized carbons (Fsp3) is 0.692. The van der Waals surface area contributed by atoms with Crippen molar-refractivity contribution < 1.29 is 0 Å². The van der Waals surface area contributed by atoms with Crippen LogP contribution in [0.2, 0.25) is 0 Å². The maximum atomic E-state index is 4.15. The predicted molar refractivity (Wildman–Crippen MR) is 71.1 cm³/mol. The summed E-state index contributed by atoms with van der Waals surface area (Å²) in [7, 11) is 0. The van der Waals surface area contributed by atoms with Gasteiger partial charge in [0.25, 0.3) is 0 Å². The summed E-state index contributed by atoms with van der Waals surface area (Å²) in [6.07, 6.45) is 3.73. The number of likely N-dealkylation sites (tertiary alicyclic amines) is 1. The van der Waals surface area contributed by atoms with E-state index in [9.17, 15) is 0 Å². The van der Waals surface area contributed by atoms with Crippen LogP contribution < -0.4 is 0 Å². The molecule has 1 nitrogen and oxygen atoms in total. The maximum Gasteiger partial charge on any atom is 0.0440 e. The first-order valence-corrected chi connectivity index (χ1v) is 6.32. The number of piperidine rings is 1. The van der Waals surface area contributed by atoms with Crippen molar-refractivity contribution in [1.29, 1.82) is 0 Å². The first-order valence-electron chi connectivity index (χ1n) is 5.52. The maximum absolute atomic E-state index is 4.15. The quantitative estimate of drug-likeness (QED) is 0.671. The van der Waals surface area contributed by atoms with Crippen molar-refractivity contribution >= 4 is 15.9 Å². The fourth-order valence-electron chi connectivity index (χ4n) is 2.85. The number of rotatable bonds is 2. The molecule has 0 atom stereocenters. The van der Waals surface area contributed by atoms with E-state index in [4.69, 9.17) is 0 Å². The molecule has 0 spiro atoms. The Hall–Kier alpha value is -0.240. The van der Waals surface area contributed by atoms with E-state index in [-0.39, 0.29) is 11.1 Å². The van der Waals surface area contributed by atoms with Gasteiger partial charge in [0.05, 0.1) is 0 Å². The standard InChI is InChI=1S/C13H22BrN/c1-10(14)11(2)15-12(3,4)8-7-9-13(15,5)6/h1-2,7-9H2,3-6H3. The van der Waals surface area contributed by atoms with Crippen LogP contribution >= 0.6 is 15.9 Å². The smallest absolute Gasteiger partial charge is 0.0440 e. The van der Waals surface area contributed by atoms with E-state index in [1.54, 1.807) is 0 Å². The Morgan fingerprint density at radius 1 is 1.07 bits per heavy atom. The van der Waals surface area contributed by atoms with Crippen molar-refractivity contribution in [2.45, 2.75) is 58.0 Å². The number of halogens is 1. The highest BCUT2D eigenvalue weighted by Gasteiger charge is 2.41. The van der Waals surface area contributed by atoms with Gasteiger partial charge in [-0.1, -0.05) is 13.2 Å². The summed E-state index contributed by atoms with van der Waals surface area (Å²) in [5.41, 5.74) is 1.37. The first kappa shape index (κ1) is 12.8. The molecule has 1 heterocycles. The van der Waals surface area contributed by atoms with Gasteiger partial charge >= 0.3 is 0 Å². The molecule has 0 unspecified atom stereocenters. The summed E-state index contributed by atoms with van der Waals surface area (Å²) in [5.74, 6) is 0. The molecule has 2 heteroatoms. The van der Waals surface area contributed by atoms with E-state index in [0.717, 1.165) is 10.2 Å². The van der Waals surface area contributed by atoms with Gasteiger partial charge in [-0.15, -0.1) is 0 Å². The molecule has 0 bridgehead atoms. The summed E-state index contributed by atoms with van der Waals surface area (Å²) in [4.78, 5) is 2.42. The van der Waals surface area contributed by atoms with Gasteiger partial charge in [0, 0.05) is 21.3 Å². The third-order valence-electron chi connectivity index (χ3n) is 3.37. The second-order valence-electron chi connectivity index (χ2n) is 5.67. The Balaban J connectivity index is 3.07. The Morgan fingerprint density at radius 2 is 1.47 bits per heavy atom. The van der Waals surface area contributed by atoms with E-state index in [1.807, 2.05) is 0 Å². The Morgan fingerprint density at radius 3 is 1.80 bits per heavy atom. The van der Waals surface area contributed by atoms with Crippen LogP contribution in [0.15, 0.2) is 23.3 Å². The molecule has 0 N–H and O–H groups in total. The van der Waals surface area contributed by atoms with Crippen molar-refractivity contribution in [3.8, 4) is 0 Å². The lowest BCUT2D eigenvalue weighted by Gasteiger charge is -2.55. The van der Waals surface area contributed by atoms with Gasteiger partial charge in [-0.25, -0.2) is 0 Å². The van der Waals surface area contributed by atoms with E-state index in [1.165, 1.54) is 19.3 Å². The van der Waals surface area contributed by atoms with Gasteiger partial charge < -0.3 is 4.90 Å². The van der Waals surface area contributed by atoms with Crippen molar-refractivity contribution in [2.24, 2.45) is 0 Å². The molecular weight excluding hydrogens is 250 g/mol. The molecular formula is C13H22BrN. The first-order chi connectivity index (χ1) is 6.68. The number of hydrogen-bond donors (Lipinski definition) is 0. The van der Waals surface area contributed by atoms with Gasteiger partial charge in [0.2, 0.25) is 0 Å². The molecule has 0 amide bonds. The zero-order chi connectivity index (χ0) is 11.9. The molecule has 1 saturated heterocycles. The van der Waals surface area contributed by atoms with Crippen LogP contribution in [0.3, 0.4) is 0 Å². The minimum absolute atomic E-state index is 0.176. The lowest BCUT2D eigenvalue weighted by atomic mass is 9.79. The highest BCUT2D eigenvalue weighted by Crippen LogP contribution is 2.42. The minimum Gasteiger partial charge on any atom is -0.361 e. The van der Waals surface area contributed by atoms with E-state index >= 15 is 0 Å². The number of allylic oxidation sites excluding steroid dienone is 1. The normalized spacial score (nSPS) is 23.7. The van der Waals surface area contributed by atoms with E-state index < -0.39 is 0 Å². The second kappa shape index (κ2) is 3.97. The zero-order valence-electron chi connectivity index (χ0n) is 10.4. The second-order valence-corrected chi connectivity index (χ2v) is 6.62. The van der Waals surface area contributed by atoms with Crippen molar-refractivity contribution in [3.05, 3.63) is 23.3 Å². The molecule has 86 valence electrons. The van der Waals surface area contributed by atoms with Crippen molar-refractivity contribution in [1.82, 2.24) is 4.90 Å². The van der Waals surface area contributed by atoms with Crippen LogP contribution in [0.4, 0.5) is 0 Å². The lowest BCUT2D eigenvalue weighted by Crippen LogP contribution is -2.57. The van der Waals surface area contributed by atoms with Crippen LogP contribution in [-0.4, -0.2) is 16.0 Å². The van der Waals surface area contributed by atoms with E-state index in [0.29, 0.717) is 0 Å². The van der Waals surface area contributed by atoms with Crippen molar-refractivity contribution in [2.75, 3.05) is 0 Å². The van der Waals surface area contributed by atoms with Crippen LogP contribution in [0.5, 0.6) is 0 Å². The topological polar surface area (TPSA) is 3.24 Å². The van der Waals surface area contributed by atoms with Crippen LogP contribution in [-0.2, 0) is 0 Å². The van der Waals surface area contributed by atoms with Crippen LogP contribution in [0, 0.1) is 0 Å². The average molecular weight is 272 g/mol. The predicted octanol–water partition coefficient (Wildman–Crippen LogP) is 4.45. The largest absolute Gasteiger partial charge is 0.361 e. The highest BCUT2D eigenvalue weighted by molar-refractivity contribution is 9.11. The number of hydrogen-bond acceptors (Lipinski definition) is 1. The molecule has 0 aromatic rings. The summed E-state index contributed by atoms with van der Waals surface area (Å²) in [6, 6.07) is 0. The molecule has 0 aliphatic carbocycles. The van der Waals surface area contributed by atoms with Gasteiger partial charge in [-0.2, -0.15) is 0 Å². The molecule has 0 radical (unpaired) electrons. The average Bonchev–Trinajstić information content (AvgIpc) is 1.99. The molecule has 1 fully saturated rings. The zero-order valence-corrected chi connectivity index (χ0v) is 11.9. The van der Waals surface area contributed by atoms with Crippen LogP contribution in [0.1, 0.15) is 47.0 Å². The van der Waals surface area contributed by atoms with Gasteiger partial charge in [0.15, 0.2) is 0 Å². The van der Waals surface area contributed by atoms with Gasteiger partial charge in [-0.05, 0) is 62.9 Å². The minimum atomic E-state index is 0.176. The third kappa shape index (κ3) is 2.47. The molecule has 0 aromatic heterocycles. The lowest BCUT2D eigenvalue weighted by molar-refractivity contribution is 0.0100. The SMILES string of the molecule is C=C(Br)C(=C)N1C(C)(C)CCCC1(C)C. The molecule has 1 aliphatic rings. The molecule has 0 aromatic carbocycles. The Kier molecular flexibility index (Phi) is 3.39. The van der Waals surface area contributed by atoms with E-state index in [2.05, 4.69) is 61.7 Å². The van der Waals surface area contributed by atoms with Crippen molar-refractivity contribution in [3.63, 3.8) is 0 Å². The molecule has 15 heavy (non-hydrogen) atoms. The molecule has 1 aliphatic heterocycles. The summed E-state index contributed by atoms with van der Waals surface area (Å²) in [6.45, 7) is 17.2. The fourth-order valence-corrected chi connectivity index (χ4v) is 3.03. The van der Waals surface area contributed by atoms with Gasteiger partial charge in [0.1, 0.15) is 0 Å². The van der Waals surface area contributed by atoms with Gasteiger partial charge in [-0.3, -0.25) is 0 Å². The highest BCUT2D eigenvalue weighted by atomic mass is 79.9. The summed E-state index contributed by atoms with van der Waals surface area (Å²) >= 11 is 3.44. The Labute approximate surface area is 102 Å². The summed E-state index contributed by atoms with van der Waals surface area (Å²) < 4.78 is 0.894. The molecule has 1 rings (SSSR count). The Bertz CT molecular complexity index is 273. The monoisotopic (exact) mass is 271 g/mol. The number of nitrogens with zero attached hydrogens (tertiary/aromatic N) is 1. The third-order valence-corrected chi connectivity index (χ3v) is 3.83. The van der Waals surface area contributed by atoms with Crippen LogP contribution in [0.25, 0.3) is 0 Å². The summed E-state index contributed by atoms with van der Waals surface area (Å²) in [5, 5.41) is 0.